The first-order chi connectivity index (χ1) is 14.1. The summed E-state index contributed by atoms with van der Waals surface area (Å²) in [6, 6.07) is 15.0. The molecule has 0 aromatic heterocycles. The van der Waals surface area contributed by atoms with Crippen LogP contribution in [0.15, 0.2) is 42.5 Å². The molecule has 0 unspecified atom stereocenters. The van der Waals surface area contributed by atoms with Crippen molar-refractivity contribution in [1.29, 1.82) is 5.26 Å². The SMILES string of the molecule is COc1cc(OC2C(C)(C)C([I-]NC(=O)c3ccc(I)cc3)C2(C)C)ccc1C#N. The average molecular weight is 631 g/mol. The summed E-state index contributed by atoms with van der Waals surface area (Å²) in [4.78, 5) is 12.6. The molecule has 0 bridgehead atoms. The number of methoxy groups -OCH3 is 1. The molecule has 0 heterocycles. The number of carbonyl (C=O) groups excluding carboxylic acids is 1. The second-order valence-electron chi connectivity index (χ2n) is 8.52. The predicted molar refractivity (Wildman–Crippen MR) is 120 cm³/mol. The molecular weight excluding hydrogens is 606 g/mol. The molecule has 0 aliphatic heterocycles. The Morgan fingerprint density at radius 1 is 1.13 bits per heavy atom. The van der Waals surface area contributed by atoms with Gasteiger partial charge in [0.05, 0.1) is 0 Å². The van der Waals surface area contributed by atoms with E-state index in [2.05, 4.69) is 59.9 Å². The molecule has 3 rings (SSSR count). The number of nitrogens with one attached hydrogen (secondary N) is 1. The fourth-order valence-corrected chi connectivity index (χ4v) is 7.93. The van der Waals surface area contributed by atoms with Gasteiger partial charge in [-0.05, 0) is 0 Å². The van der Waals surface area contributed by atoms with Gasteiger partial charge in [-0.15, -0.1) is 0 Å². The Labute approximate surface area is 202 Å². The van der Waals surface area contributed by atoms with Crippen molar-refractivity contribution in [3.8, 4) is 17.6 Å². The van der Waals surface area contributed by atoms with Crippen LogP contribution < -0.4 is 34.5 Å². The van der Waals surface area contributed by atoms with Gasteiger partial charge in [-0.2, -0.15) is 0 Å². The van der Waals surface area contributed by atoms with Gasteiger partial charge in [0, 0.05) is 0 Å². The van der Waals surface area contributed by atoms with E-state index < -0.39 is 21.5 Å². The van der Waals surface area contributed by atoms with E-state index in [0.717, 1.165) is 3.57 Å². The van der Waals surface area contributed by atoms with Gasteiger partial charge in [-0.25, -0.2) is 0 Å². The maximum absolute atomic E-state index is 12.6. The molecular formula is C23H25I2N2O3-. The van der Waals surface area contributed by atoms with E-state index in [1.54, 1.807) is 19.2 Å². The zero-order valence-corrected chi connectivity index (χ0v) is 21.9. The van der Waals surface area contributed by atoms with Gasteiger partial charge in [-0.3, -0.25) is 0 Å². The molecule has 1 saturated carbocycles. The van der Waals surface area contributed by atoms with Crippen LogP contribution in [0.25, 0.3) is 0 Å². The van der Waals surface area contributed by atoms with Crippen LogP contribution in [-0.2, 0) is 0 Å². The minimum absolute atomic E-state index is 0.00741. The van der Waals surface area contributed by atoms with Crippen molar-refractivity contribution >= 4 is 28.5 Å². The molecule has 160 valence electrons. The van der Waals surface area contributed by atoms with Crippen LogP contribution in [0.5, 0.6) is 11.5 Å². The summed E-state index contributed by atoms with van der Waals surface area (Å²) in [6.07, 6.45) is -0.0115. The Kier molecular flexibility index (Phi) is 6.87. The third-order valence-corrected chi connectivity index (χ3v) is 10.9. The van der Waals surface area contributed by atoms with E-state index in [9.17, 15) is 10.1 Å². The van der Waals surface area contributed by atoms with Gasteiger partial charge < -0.3 is 0 Å². The quantitative estimate of drug-likeness (QED) is 0.300. The van der Waals surface area contributed by atoms with Crippen molar-refractivity contribution in [3.63, 3.8) is 0 Å². The first-order valence-electron chi connectivity index (χ1n) is 9.54. The van der Waals surface area contributed by atoms with Crippen LogP contribution in [0.1, 0.15) is 43.6 Å². The number of carbonyl (C=O) groups is 1. The summed E-state index contributed by atoms with van der Waals surface area (Å²) in [5.74, 6) is 1.20. The van der Waals surface area contributed by atoms with Gasteiger partial charge >= 0.3 is 203 Å². The molecule has 7 heteroatoms. The van der Waals surface area contributed by atoms with Crippen LogP contribution in [0.3, 0.4) is 0 Å². The number of benzene rings is 2. The third kappa shape index (κ3) is 4.40. The van der Waals surface area contributed by atoms with Gasteiger partial charge in [0.15, 0.2) is 0 Å². The average Bonchev–Trinajstić information content (AvgIpc) is 2.71. The fourth-order valence-electron chi connectivity index (χ4n) is 4.41. The van der Waals surface area contributed by atoms with E-state index in [4.69, 9.17) is 9.47 Å². The molecule has 1 aliphatic rings. The number of nitrogens with zero attached hydrogens (tertiary/aromatic N) is 1. The van der Waals surface area contributed by atoms with Gasteiger partial charge in [0.2, 0.25) is 0 Å². The summed E-state index contributed by atoms with van der Waals surface area (Å²) in [7, 11) is 1.55. The number of alkyl halides is 1. The number of rotatable bonds is 6. The van der Waals surface area contributed by atoms with Crippen molar-refractivity contribution in [3.05, 3.63) is 57.2 Å². The zero-order valence-electron chi connectivity index (χ0n) is 17.6. The van der Waals surface area contributed by atoms with Gasteiger partial charge in [0.25, 0.3) is 0 Å². The summed E-state index contributed by atoms with van der Waals surface area (Å²) >= 11 is 1.66. The number of hydrogen-bond acceptors (Lipinski definition) is 4. The Morgan fingerprint density at radius 2 is 1.77 bits per heavy atom. The van der Waals surface area contributed by atoms with Crippen LogP contribution >= 0.6 is 22.6 Å². The predicted octanol–water partition coefficient (Wildman–Crippen LogP) is 1.79. The number of ether oxygens (including phenoxy) is 2. The molecule has 5 nitrogen and oxygen atoms in total. The molecule has 0 atom stereocenters. The second kappa shape index (κ2) is 8.91. The standard InChI is InChI=1S/C23H25I2N2O3/c1-22(2)20(25-27-19(28)14-6-9-16(24)10-7-14)23(3,4)21(22)30-17-11-8-15(13-26)18(12-17)29-5/h6-12,20-21H,1-5H3,(H,27,28)/q-1. The van der Waals surface area contributed by atoms with E-state index in [1.807, 2.05) is 30.3 Å². The number of hydrogen-bond donors (Lipinski definition) is 1. The summed E-state index contributed by atoms with van der Waals surface area (Å²) < 4.78 is 16.4. The van der Waals surface area contributed by atoms with E-state index in [1.165, 1.54) is 0 Å². The van der Waals surface area contributed by atoms with E-state index in [-0.39, 0.29) is 22.8 Å². The molecule has 2 aromatic carbocycles. The molecule has 30 heavy (non-hydrogen) atoms. The van der Waals surface area contributed by atoms with Gasteiger partial charge in [0.1, 0.15) is 0 Å². The van der Waals surface area contributed by atoms with Crippen molar-refractivity contribution < 1.29 is 35.7 Å². The normalized spacial score (nSPS) is 21.2. The van der Waals surface area contributed by atoms with E-state index in [0.29, 0.717) is 26.6 Å². The van der Waals surface area contributed by atoms with Crippen LogP contribution in [0.4, 0.5) is 0 Å². The van der Waals surface area contributed by atoms with Crippen LogP contribution in [-0.4, -0.2) is 23.0 Å². The number of amides is 1. The fraction of sp³-hybridized carbons (Fsp3) is 0.391. The first-order valence-corrected chi connectivity index (χ1v) is 12.9. The molecule has 1 amide bonds. The topological polar surface area (TPSA) is 71.3 Å². The monoisotopic (exact) mass is 631 g/mol. The molecule has 0 saturated heterocycles. The summed E-state index contributed by atoms with van der Waals surface area (Å²) in [5.41, 5.74) is 1.01. The summed E-state index contributed by atoms with van der Waals surface area (Å²) in [5, 5.41) is 9.18. The molecule has 0 radical (unpaired) electrons. The van der Waals surface area contributed by atoms with Crippen molar-refractivity contribution in [2.75, 3.05) is 7.11 Å². The zero-order chi connectivity index (χ0) is 22.1. The number of nitriles is 1. The number of halogens is 2. The molecule has 1 N–H and O–H groups in total. The van der Waals surface area contributed by atoms with Crippen molar-refractivity contribution in [1.82, 2.24) is 3.53 Å². The Balaban J connectivity index is 1.69. The Hall–Kier alpha value is -1.54. The molecule has 1 fully saturated rings. The molecule has 0 spiro atoms. The molecule has 2 aromatic rings. The van der Waals surface area contributed by atoms with Crippen LogP contribution in [0.2, 0.25) is 0 Å². The molecule has 1 aliphatic carbocycles. The maximum atomic E-state index is 12.6. The van der Waals surface area contributed by atoms with Crippen molar-refractivity contribution in [2.24, 2.45) is 10.8 Å². The van der Waals surface area contributed by atoms with Gasteiger partial charge in [-0.1, -0.05) is 0 Å². The third-order valence-electron chi connectivity index (χ3n) is 5.56. The minimum atomic E-state index is -0.575. The Morgan fingerprint density at radius 3 is 2.33 bits per heavy atom. The Bertz CT molecular complexity index is 965. The summed E-state index contributed by atoms with van der Waals surface area (Å²) in [6.45, 7) is 8.80. The first kappa shape index (κ1) is 23.1. The van der Waals surface area contributed by atoms with Crippen molar-refractivity contribution in [2.45, 2.75) is 37.7 Å². The van der Waals surface area contributed by atoms with Crippen LogP contribution in [0, 0.1) is 25.7 Å². The van der Waals surface area contributed by atoms with E-state index >= 15 is 0 Å². The second-order valence-corrected chi connectivity index (χ2v) is 12.2.